The van der Waals surface area contributed by atoms with Crippen molar-refractivity contribution in [3.05, 3.63) is 33.8 Å². The molecular weight excluding hydrogens is 287 g/mol. The van der Waals surface area contributed by atoms with Crippen LogP contribution in [0, 0.1) is 0 Å². The highest BCUT2D eigenvalue weighted by Crippen LogP contribution is 2.23. The van der Waals surface area contributed by atoms with E-state index < -0.39 is 0 Å². The normalized spacial score (nSPS) is 10.7. The number of ether oxygens (including phenoxy) is 2. The first kappa shape index (κ1) is 16.4. The van der Waals surface area contributed by atoms with Crippen molar-refractivity contribution >= 4 is 29.0 Å². The molecule has 106 valence electrons. The topological polar surface area (TPSA) is 35.5 Å². The number of halogens is 2. The highest BCUT2D eigenvalue weighted by molar-refractivity contribution is 6.42. The standard InChI is InChI=1S/C14H18Cl2O3/c1-18-8-9-19-7-3-2-4-14(17)11-5-6-12(15)13(16)10-11/h5-6,10H,2-4,7-9H2,1H3. The van der Waals surface area contributed by atoms with Gasteiger partial charge in [-0.05, 0) is 31.0 Å². The third-order valence-corrected chi connectivity index (χ3v) is 3.35. The first-order valence-corrected chi connectivity index (χ1v) is 6.95. The van der Waals surface area contributed by atoms with Crippen LogP contribution in [-0.2, 0) is 9.47 Å². The number of methoxy groups -OCH3 is 1. The van der Waals surface area contributed by atoms with E-state index in [1.54, 1.807) is 25.3 Å². The van der Waals surface area contributed by atoms with Gasteiger partial charge in [0.1, 0.15) is 0 Å². The van der Waals surface area contributed by atoms with Gasteiger partial charge in [-0.3, -0.25) is 4.79 Å². The molecule has 5 heteroatoms. The minimum absolute atomic E-state index is 0.0791. The molecule has 0 saturated heterocycles. The van der Waals surface area contributed by atoms with Gasteiger partial charge in [-0.25, -0.2) is 0 Å². The fourth-order valence-electron chi connectivity index (χ4n) is 1.55. The molecule has 0 unspecified atom stereocenters. The van der Waals surface area contributed by atoms with E-state index in [4.69, 9.17) is 32.7 Å². The number of hydrogen-bond donors (Lipinski definition) is 0. The summed E-state index contributed by atoms with van der Waals surface area (Å²) in [7, 11) is 1.64. The molecule has 1 rings (SSSR count). The van der Waals surface area contributed by atoms with Crippen LogP contribution in [0.15, 0.2) is 18.2 Å². The lowest BCUT2D eigenvalue weighted by molar-refractivity contribution is 0.0681. The summed E-state index contributed by atoms with van der Waals surface area (Å²) >= 11 is 11.7. The van der Waals surface area contributed by atoms with Gasteiger partial charge >= 0.3 is 0 Å². The number of benzene rings is 1. The van der Waals surface area contributed by atoms with E-state index in [2.05, 4.69) is 0 Å². The molecule has 0 aromatic heterocycles. The van der Waals surface area contributed by atoms with Gasteiger partial charge in [0.25, 0.3) is 0 Å². The fraction of sp³-hybridized carbons (Fsp3) is 0.500. The highest BCUT2D eigenvalue weighted by Gasteiger charge is 2.07. The van der Waals surface area contributed by atoms with Crippen LogP contribution in [-0.4, -0.2) is 32.7 Å². The Labute approximate surface area is 123 Å². The van der Waals surface area contributed by atoms with E-state index in [0.29, 0.717) is 41.9 Å². The van der Waals surface area contributed by atoms with Gasteiger partial charge in [0, 0.05) is 25.7 Å². The van der Waals surface area contributed by atoms with E-state index in [0.717, 1.165) is 12.8 Å². The lowest BCUT2D eigenvalue weighted by Gasteiger charge is -2.04. The third-order valence-electron chi connectivity index (χ3n) is 2.62. The average Bonchev–Trinajstić information content (AvgIpc) is 2.40. The molecular formula is C14H18Cl2O3. The number of Topliss-reactive ketones (excluding diaryl/α,β-unsaturated/α-hetero) is 1. The van der Waals surface area contributed by atoms with Gasteiger partial charge in [0.2, 0.25) is 0 Å². The quantitative estimate of drug-likeness (QED) is 0.511. The summed E-state index contributed by atoms with van der Waals surface area (Å²) in [6, 6.07) is 4.96. The number of ketones is 1. The summed E-state index contributed by atoms with van der Waals surface area (Å²) in [6.45, 7) is 1.84. The Kier molecular flexibility index (Phi) is 8.07. The molecule has 1 aromatic carbocycles. The van der Waals surface area contributed by atoms with Crippen molar-refractivity contribution in [2.75, 3.05) is 26.9 Å². The van der Waals surface area contributed by atoms with Gasteiger partial charge in [0.05, 0.1) is 23.3 Å². The maximum Gasteiger partial charge on any atom is 0.162 e. The van der Waals surface area contributed by atoms with Crippen LogP contribution in [0.5, 0.6) is 0 Å². The predicted molar refractivity (Wildman–Crippen MR) is 77.3 cm³/mol. The van der Waals surface area contributed by atoms with Gasteiger partial charge < -0.3 is 9.47 Å². The van der Waals surface area contributed by atoms with Crippen LogP contribution in [0.3, 0.4) is 0 Å². The van der Waals surface area contributed by atoms with Crippen LogP contribution >= 0.6 is 23.2 Å². The van der Waals surface area contributed by atoms with Crippen LogP contribution < -0.4 is 0 Å². The molecule has 1 aromatic rings. The van der Waals surface area contributed by atoms with Crippen molar-refractivity contribution in [1.29, 1.82) is 0 Å². The molecule has 0 amide bonds. The third kappa shape index (κ3) is 6.39. The number of carbonyl (C=O) groups excluding carboxylic acids is 1. The van der Waals surface area contributed by atoms with Crippen LogP contribution in [0.4, 0.5) is 0 Å². The van der Waals surface area contributed by atoms with Crippen LogP contribution in [0.2, 0.25) is 10.0 Å². The summed E-state index contributed by atoms with van der Waals surface area (Å²) in [6.07, 6.45) is 2.15. The summed E-state index contributed by atoms with van der Waals surface area (Å²) in [4.78, 5) is 11.9. The second kappa shape index (κ2) is 9.32. The lowest BCUT2D eigenvalue weighted by Crippen LogP contribution is -2.04. The maximum atomic E-state index is 11.9. The Bertz CT molecular complexity index is 408. The molecule has 0 N–H and O–H groups in total. The minimum Gasteiger partial charge on any atom is -0.382 e. The number of hydrogen-bond acceptors (Lipinski definition) is 3. The van der Waals surface area contributed by atoms with E-state index in [9.17, 15) is 4.79 Å². The van der Waals surface area contributed by atoms with E-state index in [1.165, 1.54) is 0 Å². The molecule has 0 fully saturated rings. The van der Waals surface area contributed by atoms with E-state index in [1.807, 2.05) is 0 Å². The van der Waals surface area contributed by atoms with Gasteiger partial charge in [-0.15, -0.1) is 0 Å². The van der Waals surface area contributed by atoms with Crippen molar-refractivity contribution in [2.24, 2.45) is 0 Å². The van der Waals surface area contributed by atoms with Crippen molar-refractivity contribution in [3.8, 4) is 0 Å². The second-order valence-corrected chi connectivity index (χ2v) is 4.93. The summed E-state index contributed by atoms with van der Waals surface area (Å²) < 4.78 is 10.2. The Balaban J connectivity index is 2.22. The second-order valence-electron chi connectivity index (χ2n) is 4.11. The molecule has 0 aliphatic rings. The minimum atomic E-state index is 0.0791. The van der Waals surface area contributed by atoms with Crippen molar-refractivity contribution < 1.29 is 14.3 Å². The van der Waals surface area contributed by atoms with Crippen LogP contribution in [0.1, 0.15) is 29.6 Å². The molecule has 0 radical (unpaired) electrons. The number of rotatable bonds is 9. The first-order valence-electron chi connectivity index (χ1n) is 6.20. The first-order chi connectivity index (χ1) is 9.15. The molecule has 0 aliphatic heterocycles. The summed E-state index contributed by atoms with van der Waals surface area (Å²) in [5.74, 6) is 0.0791. The Hall–Kier alpha value is -0.610. The van der Waals surface area contributed by atoms with Crippen molar-refractivity contribution in [2.45, 2.75) is 19.3 Å². The largest absolute Gasteiger partial charge is 0.382 e. The predicted octanol–water partition coefficient (Wildman–Crippen LogP) is 4.01. The average molecular weight is 305 g/mol. The summed E-state index contributed by atoms with van der Waals surface area (Å²) in [5, 5.41) is 0.875. The molecule has 0 saturated carbocycles. The Morgan fingerprint density at radius 1 is 1.11 bits per heavy atom. The molecule has 0 atom stereocenters. The van der Waals surface area contributed by atoms with Gasteiger partial charge in [-0.2, -0.15) is 0 Å². The highest BCUT2D eigenvalue weighted by atomic mass is 35.5. The number of carbonyl (C=O) groups is 1. The molecule has 0 aliphatic carbocycles. The van der Waals surface area contributed by atoms with Crippen molar-refractivity contribution in [3.63, 3.8) is 0 Å². The molecule has 0 spiro atoms. The molecule has 19 heavy (non-hydrogen) atoms. The zero-order chi connectivity index (χ0) is 14.1. The zero-order valence-electron chi connectivity index (χ0n) is 11.0. The Morgan fingerprint density at radius 3 is 2.58 bits per heavy atom. The van der Waals surface area contributed by atoms with Crippen LogP contribution in [0.25, 0.3) is 0 Å². The van der Waals surface area contributed by atoms with E-state index in [-0.39, 0.29) is 5.78 Å². The zero-order valence-corrected chi connectivity index (χ0v) is 12.5. The molecule has 0 bridgehead atoms. The van der Waals surface area contributed by atoms with E-state index >= 15 is 0 Å². The van der Waals surface area contributed by atoms with Crippen molar-refractivity contribution in [1.82, 2.24) is 0 Å². The van der Waals surface area contributed by atoms with Gasteiger partial charge in [0.15, 0.2) is 5.78 Å². The maximum absolute atomic E-state index is 11.9. The lowest BCUT2D eigenvalue weighted by atomic mass is 10.1. The monoisotopic (exact) mass is 304 g/mol. The molecule has 0 heterocycles. The Morgan fingerprint density at radius 2 is 1.89 bits per heavy atom. The summed E-state index contributed by atoms with van der Waals surface area (Å²) in [5.41, 5.74) is 0.606. The fourth-order valence-corrected chi connectivity index (χ4v) is 1.85. The number of unbranched alkanes of at least 4 members (excludes halogenated alkanes) is 1. The SMILES string of the molecule is COCCOCCCCC(=O)c1ccc(Cl)c(Cl)c1. The van der Waals surface area contributed by atoms with Gasteiger partial charge in [-0.1, -0.05) is 23.2 Å². The molecule has 3 nitrogen and oxygen atoms in total. The smallest absolute Gasteiger partial charge is 0.162 e.